The van der Waals surface area contributed by atoms with Crippen LogP contribution < -0.4 is 4.90 Å². The molecule has 1 aliphatic carbocycles. The van der Waals surface area contributed by atoms with Gasteiger partial charge in [-0.1, -0.05) is 164 Å². The number of hydrogen-bond donors (Lipinski definition) is 0. The number of hydrogen-bond acceptors (Lipinski definition) is 2. The fourth-order valence-corrected chi connectivity index (χ4v) is 9.13. The van der Waals surface area contributed by atoms with Crippen LogP contribution in [-0.2, 0) is 5.41 Å². The van der Waals surface area contributed by atoms with E-state index in [-0.39, 0.29) is 0 Å². The van der Waals surface area contributed by atoms with Crippen LogP contribution in [-0.4, -0.2) is 0 Å². The number of anilines is 3. The molecule has 0 saturated carbocycles. The second-order valence-electron chi connectivity index (χ2n) is 14.4. The quantitative estimate of drug-likeness (QED) is 0.172. The number of rotatable bonds is 6. The Morgan fingerprint density at radius 2 is 0.927 bits per heavy atom. The Labute approximate surface area is 320 Å². The molecule has 0 unspecified atom stereocenters. The average molecular weight is 702 g/mol. The lowest BCUT2D eigenvalue weighted by molar-refractivity contribution is 0.669. The number of furan rings is 1. The zero-order valence-electron chi connectivity index (χ0n) is 30.1. The molecule has 11 rings (SSSR count). The third-order valence-corrected chi connectivity index (χ3v) is 11.5. The van der Waals surface area contributed by atoms with Gasteiger partial charge in [-0.05, 0) is 104 Å². The molecule has 258 valence electrons. The molecule has 0 atom stereocenters. The fourth-order valence-electron chi connectivity index (χ4n) is 9.13. The summed E-state index contributed by atoms with van der Waals surface area (Å²) in [6, 6.07) is 77.0. The molecule has 55 heavy (non-hydrogen) atoms. The standard InChI is InChI=1S/C53H35NO/c1-4-14-36(15-5-1)37-24-27-41(28-25-37)54(43-30-33-50-47(35-43)52-44-21-11-10-16-38(44)26-32-51(52)55-50)42-29-31-49-46(34-42)45-22-12-13-23-48(45)53(49,39-17-6-2-7-18-39)40-19-8-3-9-20-40/h1-35H. The topological polar surface area (TPSA) is 16.4 Å². The largest absolute Gasteiger partial charge is 0.456 e. The van der Waals surface area contributed by atoms with Crippen LogP contribution in [0.25, 0.3) is 55.0 Å². The Morgan fingerprint density at radius 3 is 1.69 bits per heavy atom. The van der Waals surface area contributed by atoms with Gasteiger partial charge in [-0.25, -0.2) is 0 Å². The van der Waals surface area contributed by atoms with Gasteiger partial charge in [0.05, 0.1) is 5.41 Å². The summed E-state index contributed by atoms with van der Waals surface area (Å²) in [5.41, 5.74) is 14.6. The zero-order valence-corrected chi connectivity index (χ0v) is 30.1. The summed E-state index contributed by atoms with van der Waals surface area (Å²) >= 11 is 0. The molecule has 1 heterocycles. The smallest absolute Gasteiger partial charge is 0.136 e. The van der Waals surface area contributed by atoms with Gasteiger partial charge < -0.3 is 9.32 Å². The molecular formula is C53H35NO. The molecule has 2 heteroatoms. The van der Waals surface area contributed by atoms with E-state index >= 15 is 0 Å². The van der Waals surface area contributed by atoms with Crippen molar-refractivity contribution < 1.29 is 4.42 Å². The second-order valence-corrected chi connectivity index (χ2v) is 14.4. The fraction of sp³-hybridized carbons (Fsp3) is 0.0189. The molecule has 0 bridgehead atoms. The molecule has 0 fully saturated rings. The van der Waals surface area contributed by atoms with Gasteiger partial charge in [0.15, 0.2) is 0 Å². The van der Waals surface area contributed by atoms with Crippen molar-refractivity contribution in [1.82, 2.24) is 0 Å². The van der Waals surface area contributed by atoms with Gasteiger partial charge in [0, 0.05) is 27.8 Å². The van der Waals surface area contributed by atoms with Gasteiger partial charge >= 0.3 is 0 Å². The summed E-state index contributed by atoms with van der Waals surface area (Å²) in [4.78, 5) is 2.39. The Bertz CT molecular complexity index is 2980. The maximum absolute atomic E-state index is 6.46. The molecular weight excluding hydrogens is 667 g/mol. The van der Waals surface area contributed by atoms with Gasteiger partial charge in [-0.15, -0.1) is 0 Å². The molecule has 0 radical (unpaired) electrons. The Balaban J connectivity index is 1.15. The number of fused-ring (bicyclic) bond motifs is 8. The molecule has 0 aliphatic heterocycles. The van der Waals surface area contributed by atoms with Crippen LogP contribution in [0.1, 0.15) is 22.3 Å². The molecule has 1 aliphatic rings. The molecule has 10 aromatic rings. The first kappa shape index (κ1) is 31.4. The number of nitrogens with zero attached hydrogens (tertiary/aromatic N) is 1. The van der Waals surface area contributed by atoms with E-state index in [4.69, 9.17) is 4.42 Å². The van der Waals surface area contributed by atoms with E-state index in [9.17, 15) is 0 Å². The van der Waals surface area contributed by atoms with Crippen molar-refractivity contribution in [2.24, 2.45) is 0 Å². The first-order valence-corrected chi connectivity index (χ1v) is 18.9. The predicted octanol–water partition coefficient (Wildman–Crippen LogP) is 14.2. The maximum Gasteiger partial charge on any atom is 0.136 e. The van der Waals surface area contributed by atoms with Crippen LogP contribution in [0.5, 0.6) is 0 Å². The predicted molar refractivity (Wildman–Crippen MR) is 229 cm³/mol. The van der Waals surface area contributed by atoms with Gasteiger partial charge in [-0.2, -0.15) is 0 Å². The summed E-state index contributed by atoms with van der Waals surface area (Å²) in [7, 11) is 0. The second kappa shape index (κ2) is 12.5. The van der Waals surface area contributed by atoms with Crippen molar-refractivity contribution in [3.05, 3.63) is 235 Å². The lowest BCUT2D eigenvalue weighted by Gasteiger charge is -2.34. The summed E-state index contributed by atoms with van der Waals surface area (Å²) in [6.07, 6.45) is 0. The van der Waals surface area contributed by atoms with Crippen molar-refractivity contribution in [3.63, 3.8) is 0 Å². The number of benzene rings is 9. The highest BCUT2D eigenvalue weighted by Gasteiger charge is 2.46. The summed E-state index contributed by atoms with van der Waals surface area (Å²) in [5, 5.41) is 4.65. The van der Waals surface area contributed by atoms with Gasteiger partial charge in [-0.3, -0.25) is 0 Å². The maximum atomic E-state index is 6.46. The highest BCUT2D eigenvalue weighted by molar-refractivity contribution is 6.19. The molecule has 0 spiro atoms. The van der Waals surface area contributed by atoms with Gasteiger partial charge in [0.1, 0.15) is 11.2 Å². The van der Waals surface area contributed by atoms with Crippen LogP contribution in [0.15, 0.2) is 217 Å². The van der Waals surface area contributed by atoms with Crippen molar-refractivity contribution in [2.45, 2.75) is 5.41 Å². The Morgan fingerprint density at radius 1 is 0.364 bits per heavy atom. The third kappa shape index (κ3) is 4.82. The molecule has 0 N–H and O–H groups in total. The van der Waals surface area contributed by atoms with Crippen LogP contribution in [0, 0.1) is 0 Å². The first-order valence-electron chi connectivity index (χ1n) is 18.9. The highest BCUT2D eigenvalue weighted by atomic mass is 16.3. The minimum absolute atomic E-state index is 0.454. The van der Waals surface area contributed by atoms with Crippen LogP contribution in [0.3, 0.4) is 0 Å². The minimum Gasteiger partial charge on any atom is -0.456 e. The van der Waals surface area contributed by atoms with Gasteiger partial charge in [0.25, 0.3) is 0 Å². The van der Waals surface area contributed by atoms with E-state index in [2.05, 4.69) is 217 Å². The minimum atomic E-state index is -0.454. The van der Waals surface area contributed by atoms with E-state index in [1.807, 2.05) is 0 Å². The van der Waals surface area contributed by atoms with Crippen molar-refractivity contribution in [1.29, 1.82) is 0 Å². The normalized spacial score (nSPS) is 12.9. The van der Waals surface area contributed by atoms with Crippen molar-refractivity contribution in [3.8, 4) is 22.3 Å². The van der Waals surface area contributed by atoms with Crippen molar-refractivity contribution >= 4 is 49.8 Å². The molecule has 2 nitrogen and oxygen atoms in total. The molecule has 1 aromatic heterocycles. The van der Waals surface area contributed by atoms with Crippen LogP contribution in [0.2, 0.25) is 0 Å². The molecule has 9 aromatic carbocycles. The zero-order chi connectivity index (χ0) is 36.3. The molecule has 0 amide bonds. The van der Waals surface area contributed by atoms with E-state index in [0.717, 1.165) is 39.0 Å². The summed E-state index contributed by atoms with van der Waals surface area (Å²) in [6.45, 7) is 0. The Kier molecular flexibility index (Phi) is 7.11. The third-order valence-electron chi connectivity index (χ3n) is 11.5. The SMILES string of the molecule is c1ccc(-c2ccc(N(c3ccc4c(c3)-c3ccccc3C4(c3ccccc3)c3ccccc3)c3ccc4oc5ccc6ccccc6c5c4c3)cc2)cc1. The summed E-state index contributed by atoms with van der Waals surface area (Å²) in [5.74, 6) is 0. The van der Waals surface area contributed by atoms with Crippen molar-refractivity contribution in [2.75, 3.05) is 4.90 Å². The van der Waals surface area contributed by atoms with E-state index in [1.165, 1.54) is 55.3 Å². The Hall–Kier alpha value is -7.16. The lowest BCUT2D eigenvalue weighted by Crippen LogP contribution is -2.28. The average Bonchev–Trinajstić information content (AvgIpc) is 3.79. The van der Waals surface area contributed by atoms with Crippen LogP contribution in [0.4, 0.5) is 17.1 Å². The van der Waals surface area contributed by atoms with E-state index in [1.54, 1.807) is 0 Å². The molecule has 0 saturated heterocycles. The lowest BCUT2D eigenvalue weighted by atomic mass is 9.68. The van der Waals surface area contributed by atoms with Gasteiger partial charge in [0.2, 0.25) is 0 Å². The van der Waals surface area contributed by atoms with Crippen LogP contribution >= 0.6 is 0 Å². The monoisotopic (exact) mass is 701 g/mol. The van der Waals surface area contributed by atoms with E-state index < -0.39 is 5.41 Å². The highest BCUT2D eigenvalue weighted by Crippen LogP contribution is 2.57. The first-order chi connectivity index (χ1) is 27.3. The van der Waals surface area contributed by atoms with E-state index in [0.29, 0.717) is 0 Å². The summed E-state index contributed by atoms with van der Waals surface area (Å²) < 4.78 is 6.46.